The molecule has 6 rings (SSSR count). The predicted octanol–water partition coefficient (Wildman–Crippen LogP) is -2.29. The highest BCUT2D eigenvalue weighted by Gasteiger charge is 2.46. The molecule has 0 aliphatic carbocycles. The lowest BCUT2D eigenvalue weighted by Crippen LogP contribution is -2.62. The Labute approximate surface area is 642 Å². The van der Waals surface area contributed by atoms with Gasteiger partial charge in [-0.15, -0.1) is 0 Å². The van der Waals surface area contributed by atoms with Crippen LogP contribution in [0.15, 0.2) is 17.2 Å². The summed E-state index contributed by atoms with van der Waals surface area (Å²) in [6, 6.07) is -7.10. The lowest BCUT2D eigenvalue weighted by atomic mass is 9.93. The summed E-state index contributed by atoms with van der Waals surface area (Å²) in [6.45, 7) is 4.58. The van der Waals surface area contributed by atoms with Crippen molar-refractivity contribution >= 4 is 98.9 Å². The summed E-state index contributed by atoms with van der Waals surface area (Å²) in [4.78, 5) is 156. The number of amides is 10. The maximum Gasteiger partial charge on any atom is 0.313 e. The van der Waals surface area contributed by atoms with E-state index in [0.717, 1.165) is 4.90 Å². The summed E-state index contributed by atoms with van der Waals surface area (Å²) < 4.78 is 131. The summed E-state index contributed by atoms with van der Waals surface area (Å²) in [5.41, 5.74) is 6.53. The maximum absolute atomic E-state index is 15.4. The van der Waals surface area contributed by atoms with E-state index in [9.17, 15) is 90.0 Å². The molecule has 2 aromatic carbocycles. The van der Waals surface area contributed by atoms with E-state index in [1.807, 2.05) is 0 Å². The molecule has 0 radical (unpaired) electrons. The molecule has 0 saturated carbocycles. The number of H-pyrrole nitrogens is 1. The number of halogens is 5. The normalized spacial score (nSPS) is 21.4. The Hall–Kier alpha value is -8.14. The molecule has 4 heterocycles. The fourth-order valence-corrected chi connectivity index (χ4v) is 14.0. The highest BCUT2D eigenvalue weighted by atomic mass is 32.2. The molecule has 14 N–H and O–H groups in total. The Morgan fingerprint density at radius 2 is 1.25 bits per heavy atom. The van der Waals surface area contributed by atoms with Gasteiger partial charge in [0, 0.05) is 71.7 Å². The summed E-state index contributed by atoms with van der Waals surface area (Å²) in [7, 11) is 1.42. The van der Waals surface area contributed by atoms with Crippen LogP contribution < -0.4 is 57.7 Å². The largest absolute Gasteiger partial charge is 0.610 e. The van der Waals surface area contributed by atoms with Gasteiger partial charge in [0.05, 0.1) is 150 Å². The van der Waals surface area contributed by atoms with Gasteiger partial charge in [0.25, 0.3) is 0 Å². The van der Waals surface area contributed by atoms with Gasteiger partial charge in [0.2, 0.25) is 98.9 Å². The van der Waals surface area contributed by atoms with E-state index in [2.05, 4.69) is 52.3 Å². The van der Waals surface area contributed by atoms with Crippen LogP contribution in [0.1, 0.15) is 76.8 Å². The van der Waals surface area contributed by atoms with Gasteiger partial charge in [-0.3, -0.25) is 52.7 Å². The number of nitrogens with zero attached hydrogens (tertiary/aromatic N) is 1. The predicted molar refractivity (Wildman–Crippen MR) is 382 cm³/mol. The quantitative estimate of drug-likeness (QED) is 0.00542. The lowest BCUT2D eigenvalue weighted by molar-refractivity contribution is -0.144. The van der Waals surface area contributed by atoms with Crippen LogP contribution in [0.4, 0.5) is 22.0 Å². The first-order valence-electron chi connectivity index (χ1n) is 35.9. The molecule has 10 amide bonds. The summed E-state index contributed by atoms with van der Waals surface area (Å²) in [6.07, 6.45) is -3.91. The number of aliphatic hydroxyl groups is 3. The number of hydrogen-bond donors (Lipinski definition) is 13. The number of carbonyl (C=O) groups is 11. The number of carbonyl (C=O) groups excluding carboxylic acids is 11. The van der Waals surface area contributed by atoms with E-state index >= 15 is 4.55 Å². The van der Waals surface area contributed by atoms with Gasteiger partial charge in [-0.05, 0) is 36.6 Å². The number of nitrogens with one attached hydrogen (secondary N) is 9. The Morgan fingerprint density at radius 1 is 0.694 bits per heavy atom. The Morgan fingerprint density at radius 3 is 1.82 bits per heavy atom. The Balaban J connectivity index is 0.998. The smallest absolute Gasteiger partial charge is 0.313 e. The van der Waals surface area contributed by atoms with Crippen LogP contribution in [0.5, 0.6) is 11.5 Å². The fraction of sp³-hybridized carbons (Fsp3) is 0.638. The average Bonchev–Trinajstić information content (AvgIpc) is 1.63. The number of hydrogen-bond acceptors (Lipinski definition) is 25. The molecule has 1 unspecified atom stereocenters. The van der Waals surface area contributed by atoms with Crippen LogP contribution in [-0.4, -0.2) is 287 Å². The van der Waals surface area contributed by atoms with Crippen LogP contribution in [0, 0.1) is 40.9 Å². The van der Waals surface area contributed by atoms with Crippen molar-refractivity contribution in [3.8, 4) is 11.5 Å². The van der Waals surface area contributed by atoms with E-state index < -0.39 is 223 Å². The molecule has 1 saturated heterocycles. The van der Waals surface area contributed by atoms with Crippen molar-refractivity contribution in [2.75, 3.05) is 144 Å². The number of methoxy groups -OCH3 is 1. The van der Waals surface area contributed by atoms with Crippen LogP contribution >= 0.6 is 11.8 Å². The number of rotatable bonds is 40. The first kappa shape index (κ1) is 91.7. The molecule has 111 heavy (non-hydrogen) atoms. The molecule has 3 aliphatic heterocycles. The van der Waals surface area contributed by atoms with E-state index in [-0.39, 0.29) is 101 Å². The van der Waals surface area contributed by atoms with Crippen molar-refractivity contribution < 1.29 is 137 Å². The molecule has 3 aliphatic rings. The molecule has 2 bridgehead atoms. The zero-order valence-electron chi connectivity index (χ0n) is 61.8. The van der Waals surface area contributed by atoms with Crippen molar-refractivity contribution in [1.29, 1.82) is 0 Å². The molecule has 1 aromatic heterocycles. The molecule has 620 valence electrons. The summed E-state index contributed by atoms with van der Waals surface area (Å²) in [5, 5.41) is 52.5. The Bertz CT molecular complexity index is 3620. The van der Waals surface area contributed by atoms with Gasteiger partial charge < -0.3 is 121 Å². The van der Waals surface area contributed by atoms with Crippen LogP contribution in [0.2, 0.25) is 0 Å². The fourth-order valence-electron chi connectivity index (χ4n) is 11.6. The second kappa shape index (κ2) is 47.4. The number of nitrogens with two attached hydrogens (primary N) is 1. The molecule has 3 aromatic rings. The number of ether oxygens (including phenoxy) is 9. The van der Waals surface area contributed by atoms with Gasteiger partial charge in [-0.25, -0.2) is 13.2 Å². The molecule has 0 spiro atoms. The van der Waals surface area contributed by atoms with Crippen molar-refractivity contribution in [3.05, 3.63) is 52.3 Å². The number of fused-ring (bicyclic) bond motifs is 5. The van der Waals surface area contributed by atoms with Crippen molar-refractivity contribution in [2.24, 2.45) is 17.6 Å². The second-order valence-electron chi connectivity index (χ2n) is 25.9. The van der Waals surface area contributed by atoms with Crippen LogP contribution in [-0.2, 0) is 109 Å². The minimum Gasteiger partial charge on any atom is -0.610 e. The third kappa shape index (κ3) is 28.5. The first-order valence-corrected chi connectivity index (χ1v) is 38.4. The highest BCUT2D eigenvalue weighted by Crippen LogP contribution is 2.37. The molecule has 42 heteroatoms. The van der Waals surface area contributed by atoms with E-state index in [1.54, 1.807) is 26.0 Å². The molecule has 1 fully saturated rings. The number of benzene rings is 2. The van der Waals surface area contributed by atoms with Gasteiger partial charge in [-0.1, -0.05) is 27.2 Å². The van der Waals surface area contributed by atoms with E-state index in [4.69, 9.17) is 43.6 Å². The molecule has 35 nitrogen and oxygen atoms in total. The maximum atomic E-state index is 15.4. The average molecular weight is 1620 g/mol. The van der Waals surface area contributed by atoms with Gasteiger partial charge >= 0.3 is 5.97 Å². The van der Waals surface area contributed by atoms with Crippen molar-refractivity contribution in [1.82, 2.24) is 52.4 Å². The number of primary amides is 1. The minimum atomic E-state index is -2.47. The van der Waals surface area contributed by atoms with Gasteiger partial charge in [0.1, 0.15) is 41.7 Å². The third-order valence-electron chi connectivity index (χ3n) is 17.8. The second-order valence-corrected chi connectivity index (χ2v) is 28.4. The minimum absolute atomic E-state index is 0.0218. The topological polar surface area (TPSA) is 496 Å². The molecule has 11 atom stereocenters. The van der Waals surface area contributed by atoms with Gasteiger partial charge in [0.15, 0.2) is 6.04 Å². The Kier molecular flexibility index (Phi) is 39.2. The highest BCUT2D eigenvalue weighted by molar-refractivity contribution is 7.98. The third-order valence-corrected chi connectivity index (χ3v) is 20.3. The van der Waals surface area contributed by atoms with Crippen molar-refractivity contribution in [2.45, 2.75) is 131 Å². The van der Waals surface area contributed by atoms with E-state index in [0.29, 0.717) is 73.6 Å². The number of unbranched alkanes of at least 4 members (excludes halogenated alkanes) is 1. The van der Waals surface area contributed by atoms with Crippen LogP contribution in [0.25, 0.3) is 10.9 Å². The van der Waals surface area contributed by atoms with E-state index in [1.165, 1.54) is 25.8 Å². The summed E-state index contributed by atoms with van der Waals surface area (Å²) in [5.74, 6) is -25.7. The molecular weight excluding hydrogens is 1530 g/mol. The SMILES string of the molecule is CC[C@H](C)[C@@H]1NC(=O)CNC(=O)[C@@H]2Cc3c([nH]c4c(CSCCCCNC(=O)CCOCCOCCOCCOCCOCCOCCOCCC(=O)Oc5c(F)c(F)c(F)c(F)c5F)c(OC)ccc34)[S+]([O-])C[C@@H](NC(=O)CNC1=O)C(=O)N[C@@H](CC(N)=O)C(=O)N1C[C@H](O)C[C@H]1C(=O)N[C@@H]([C@@H](C)[C@@H](O)CO)C(=O)N2. The van der Waals surface area contributed by atoms with Crippen LogP contribution in [0.3, 0.4) is 0 Å². The zero-order valence-corrected chi connectivity index (χ0v) is 63.4. The first-order chi connectivity index (χ1) is 53.1. The lowest BCUT2D eigenvalue weighted by Gasteiger charge is -2.32. The molecular formula is C69H98F5N11O24S2. The van der Waals surface area contributed by atoms with Crippen molar-refractivity contribution in [3.63, 3.8) is 0 Å². The number of aliphatic hydroxyl groups excluding tert-OH is 3. The van der Waals surface area contributed by atoms with Gasteiger partial charge in [-0.2, -0.15) is 20.5 Å². The standard InChI is InChI=1S/C69H98F5N11O24S2/c1-5-37(2)59-66(97)78-31-51(91)79-45-36-111(100)68-41(29-43(63(94)77-32-52(92)82-59)80-67(98)60(38(3)47(88)34-86)83-65(96)46-28-39(87)33-85(46)69(99)44(30-49(75)89)81-64(45)95)40-8-9-48(101-4)42(61(40)84-68)35-110-27-7-6-12-76-50(90)10-13-102-15-17-104-19-21-106-23-25-108-26-24-107-22-20-105-18-16-103-14-11-53(93)109-62-57(73)55(71)54(70)56(72)58(62)74/h8-9,37-39,43-47,59-60,84,86-88H,5-7,10-36H2,1-4H3,(H2,75,89)(H,76,90)(H,77,94)(H,78,97)(H,79,91)(H,80,98)(H,81,95)(H,82,92)(H,83,96)/t37-,38-,39+,43-,44-,45+,46-,47-,59-,60-,111?/m0/s1. The zero-order chi connectivity index (χ0) is 81.3. The number of aromatic amines is 1. The summed E-state index contributed by atoms with van der Waals surface area (Å²) >= 11 is -1.00. The monoisotopic (exact) mass is 1620 g/mol. The number of esters is 1. The number of aromatic nitrogens is 1. The number of thioether (sulfide) groups is 1.